The van der Waals surface area contributed by atoms with E-state index in [1.54, 1.807) is 25.1 Å². The summed E-state index contributed by atoms with van der Waals surface area (Å²) >= 11 is 0. The summed E-state index contributed by atoms with van der Waals surface area (Å²) in [4.78, 5) is 36.6. The molecule has 0 fully saturated rings. The number of amides is 2. The van der Waals surface area contributed by atoms with Crippen LogP contribution in [0.3, 0.4) is 0 Å². The molecule has 2 amide bonds. The van der Waals surface area contributed by atoms with Crippen LogP contribution in [0.1, 0.15) is 47.7 Å². The Morgan fingerprint density at radius 3 is 2.15 bits per heavy atom. The van der Waals surface area contributed by atoms with Gasteiger partial charge in [0.1, 0.15) is 12.1 Å². The molecule has 1 aliphatic rings. The van der Waals surface area contributed by atoms with Crippen molar-refractivity contribution in [2.45, 2.75) is 31.7 Å². The molecule has 1 aliphatic carbocycles. The molecule has 174 valence electrons. The summed E-state index contributed by atoms with van der Waals surface area (Å²) in [5.74, 6) is -1.71. The van der Waals surface area contributed by atoms with Crippen LogP contribution in [0, 0.1) is 0 Å². The van der Waals surface area contributed by atoms with Gasteiger partial charge in [0.2, 0.25) is 0 Å². The summed E-state index contributed by atoms with van der Waals surface area (Å²) in [6.45, 7) is 3.31. The Bertz CT molecular complexity index is 1210. The predicted molar refractivity (Wildman–Crippen MR) is 129 cm³/mol. The molecule has 0 radical (unpaired) electrons. The van der Waals surface area contributed by atoms with Gasteiger partial charge in [-0.1, -0.05) is 61.5 Å². The van der Waals surface area contributed by atoms with E-state index in [1.165, 1.54) is 13.0 Å². The fraction of sp³-hybridized carbons (Fsp3) is 0.222. The van der Waals surface area contributed by atoms with E-state index in [1.807, 2.05) is 36.4 Å². The number of carbonyl (C=O) groups is 3. The number of ether oxygens (including phenoxy) is 1. The Hall–Kier alpha value is -4.13. The molecule has 3 N–H and O–H groups in total. The highest BCUT2D eigenvalue weighted by Crippen LogP contribution is 2.44. The van der Waals surface area contributed by atoms with Crippen LogP contribution in [0.2, 0.25) is 0 Å². The van der Waals surface area contributed by atoms with E-state index in [2.05, 4.69) is 22.8 Å². The number of benzene rings is 3. The third-order valence-electron chi connectivity index (χ3n) is 6.28. The monoisotopic (exact) mass is 458 g/mol. The first-order valence-electron chi connectivity index (χ1n) is 11.1. The van der Waals surface area contributed by atoms with Crippen molar-refractivity contribution >= 4 is 23.7 Å². The second-order valence-electron chi connectivity index (χ2n) is 8.48. The second kappa shape index (κ2) is 9.39. The Morgan fingerprint density at radius 2 is 1.56 bits per heavy atom. The van der Waals surface area contributed by atoms with Crippen molar-refractivity contribution in [3.63, 3.8) is 0 Å². The number of nitrogens with one attached hydrogen (secondary N) is 2. The van der Waals surface area contributed by atoms with Crippen LogP contribution < -0.4 is 10.6 Å². The highest BCUT2D eigenvalue weighted by Gasteiger charge is 2.33. The van der Waals surface area contributed by atoms with Crippen molar-refractivity contribution in [1.29, 1.82) is 0 Å². The highest BCUT2D eigenvalue weighted by atomic mass is 16.5. The number of hydrogen-bond donors (Lipinski definition) is 3. The first-order valence-corrected chi connectivity index (χ1v) is 11.1. The second-order valence-corrected chi connectivity index (χ2v) is 8.48. The van der Waals surface area contributed by atoms with E-state index in [9.17, 15) is 19.5 Å². The third kappa shape index (κ3) is 4.50. The molecule has 0 spiro atoms. The van der Waals surface area contributed by atoms with Crippen molar-refractivity contribution < 1.29 is 24.2 Å². The van der Waals surface area contributed by atoms with Gasteiger partial charge in [-0.3, -0.25) is 10.1 Å². The molecule has 4 rings (SSSR count). The van der Waals surface area contributed by atoms with Crippen LogP contribution >= 0.6 is 0 Å². The minimum atomic E-state index is -1.38. The molecule has 7 heteroatoms. The maximum atomic E-state index is 12.6. The third-order valence-corrected chi connectivity index (χ3v) is 6.28. The summed E-state index contributed by atoms with van der Waals surface area (Å²) < 4.78 is 5.55. The topological polar surface area (TPSA) is 105 Å². The number of rotatable bonds is 7. The van der Waals surface area contributed by atoms with Gasteiger partial charge < -0.3 is 15.2 Å². The normalized spacial score (nSPS) is 13.8. The molecule has 0 aromatic heterocycles. The average Bonchev–Trinajstić information content (AvgIpc) is 3.16. The molecule has 3 aromatic rings. The zero-order valence-corrected chi connectivity index (χ0v) is 19.0. The Labute approximate surface area is 197 Å². The molecular weight excluding hydrogens is 432 g/mol. The van der Waals surface area contributed by atoms with Gasteiger partial charge in [0.15, 0.2) is 0 Å². The number of anilines is 1. The Morgan fingerprint density at radius 1 is 0.941 bits per heavy atom. The molecule has 0 saturated carbocycles. The van der Waals surface area contributed by atoms with Gasteiger partial charge in [0.05, 0.1) is 0 Å². The zero-order chi connectivity index (χ0) is 24.3. The predicted octanol–water partition coefficient (Wildman–Crippen LogP) is 5.03. The fourth-order valence-electron chi connectivity index (χ4n) is 4.11. The summed E-state index contributed by atoms with van der Waals surface area (Å²) in [5.41, 5.74) is 3.75. The largest absolute Gasteiger partial charge is 0.480 e. The van der Waals surface area contributed by atoms with Gasteiger partial charge in [-0.2, -0.15) is 0 Å². The van der Waals surface area contributed by atoms with Crippen molar-refractivity contribution in [2.75, 3.05) is 11.9 Å². The van der Waals surface area contributed by atoms with Crippen LogP contribution in [0.4, 0.5) is 10.5 Å². The maximum absolute atomic E-state index is 12.6. The molecule has 0 heterocycles. The molecule has 34 heavy (non-hydrogen) atoms. The molecule has 7 nitrogen and oxygen atoms in total. The Kier molecular flexibility index (Phi) is 6.36. The van der Waals surface area contributed by atoms with Gasteiger partial charge in [0, 0.05) is 17.2 Å². The summed E-state index contributed by atoms with van der Waals surface area (Å²) in [6.07, 6.45) is -0.408. The number of fused-ring (bicyclic) bond motifs is 3. The van der Waals surface area contributed by atoms with Gasteiger partial charge in [-0.15, -0.1) is 0 Å². The average molecular weight is 459 g/mol. The van der Waals surface area contributed by atoms with Gasteiger partial charge in [-0.05, 0) is 53.8 Å². The van der Waals surface area contributed by atoms with Gasteiger partial charge >= 0.3 is 12.1 Å². The zero-order valence-electron chi connectivity index (χ0n) is 19.0. The quantitative estimate of drug-likeness (QED) is 0.461. The lowest BCUT2D eigenvalue weighted by Crippen LogP contribution is -2.51. The molecule has 3 aromatic carbocycles. The summed E-state index contributed by atoms with van der Waals surface area (Å²) in [7, 11) is 0. The summed E-state index contributed by atoms with van der Waals surface area (Å²) in [6, 6.07) is 22.4. The van der Waals surface area contributed by atoms with E-state index in [0.29, 0.717) is 5.69 Å². The summed E-state index contributed by atoms with van der Waals surface area (Å²) in [5, 5.41) is 14.6. The minimum absolute atomic E-state index is 0.0574. The first kappa shape index (κ1) is 23.0. The Balaban J connectivity index is 1.42. The van der Waals surface area contributed by atoms with E-state index >= 15 is 0 Å². The van der Waals surface area contributed by atoms with Crippen LogP contribution in [0.25, 0.3) is 11.1 Å². The molecule has 0 saturated heterocycles. The van der Waals surface area contributed by atoms with Crippen LogP contribution in [0.15, 0.2) is 72.8 Å². The van der Waals surface area contributed by atoms with Crippen LogP contribution in [-0.4, -0.2) is 35.2 Å². The lowest BCUT2D eigenvalue weighted by atomic mass is 9.98. The van der Waals surface area contributed by atoms with Gasteiger partial charge in [-0.25, -0.2) is 9.59 Å². The molecule has 1 unspecified atom stereocenters. The number of hydrogen-bond acceptors (Lipinski definition) is 4. The molecular formula is C27H26N2O5. The van der Waals surface area contributed by atoms with Crippen molar-refractivity contribution in [1.82, 2.24) is 5.32 Å². The molecule has 1 atom stereocenters. The minimum Gasteiger partial charge on any atom is -0.480 e. The maximum Gasteiger partial charge on any atom is 0.411 e. The highest BCUT2D eigenvalue weighted by molar-refractivity contribution is 5.99. The van der Waals surface area contributed by atoms with Crippen molar-refractivity contribution in [3.8, 4) is 11.1 Å². The number of carboxylic acid groups (broad SMARTS) is 1. The van der Waals surface area contributed by atoms with E-state index in [0.717, 1.165) is 22.3 Å². The van der Waals surface area contributed by atoms with Crippen LogP contribution in [0.5, 0.6) is 0 Å². The molecule has 0 bridgehead atoms. The lowest BCUT2D eigenvalue weighted by molar-refractivity contribution is -0.143. The standard InChI is InChI=1S/C27H26N2O5/c1-3-27(2,25(31)32)29-24(30)17-9-8-10-18(15-17)28-26(33)34-16-23-21-13-6-4-11-19(21)20-12-5-7-14-22(20)23/h4-15,23H,3,16H2,1-2H3,(H,28,33)(H,29,30)(H,31,32). The fourth-order valence-corrected chi connectivity index (χ4v) is 4.11. The number of aliphatic carboxylic acids is 1. The molecule has 0 aliphatic heterocycles. The van der Waals surface area contributed by atoms with Gasteiger partial charge in [0.25, 0.3) is 5.91 Å². The van der Waals surface area contributed by atoms with E-state index in [-0.39, 0.29) is 24.5 Å². The SMILES string of the molecule is CCC(C)(NC(=O)c1cccc(NC(=O)OCC2c3ccccc3-c3ccccc32)c1)C(=O)O. The van der Waals surface area contributed by atoms with E-state index in [4.69, 9.17) is 4.74 Å². The van der Waals surface area contributed by atoms with Crippen molar-refractivity contribution in [3.05, 3.63) is 89.5 Å². The number of carboxylic acids is 1. The smallest absolute Gasteiger partial charge is 0.411 e. The first-order chi connectivity index (χ1) is 16.3. The van der Waals surface area contributed by atoms with E-state index < -0.39 is 23.5 Å². The number of carbonyl (C=O) groups excluding carboxylic acids is 2. The van der Waals surface area contributed by atoms with Crippen LogP contribution in [-0.2, 0) is 9.53 Å². The van der Waals surface area contributed by atoms with Crippen molar-refractivity contribution in [2.24, 2.45) is 0 Å². The lowest BCUT2D eigenvalue weighted by Gasteiger charge is -2.24.